The summed E-state index contributed by atoms with van der Waals surface area (Å²) in [5.74, 6) is -2.93. The van der Waals surface area contributed by atoms with Crippen molar-refractivity contribution in [3.05, 3.63) is 29.8 Å². The van der Waals surface area contributed by atoms with Gasteiger partial charge in [0, 0.05) is 17.4 Å². The molecule has 2 nitrogen and oxygen atoms in total. The summed E-state index contributed by atoms with van der Waals surface area (Å²) in [6.07, 6.45) is 0. The Bertz CT molecular complexity index is 316. The van der Waals surface area contributed by atoms with Crippen molar-refractivity contribution in [1.29, 1.82) is 0 Å². The highest BCUT2D eigenvalue weighted by Crippen LogP contribution is 2.26. The van der Waals surface area contributed by atoms with Gasteiger partial charge in [-0.05, 0) is 23.2 Å². The van der Waals surface area contributed by atoms with Crippen molar-refractivity contribution < 1.29 is 17.5 Å². The lowest BCUT2D eigenvalue weighted by molar-refractivity contribution is 0.0174. The van der Waals surface area contributed by atoms with Crippen molar-refractivity contribution in [1.82, 2.24) is 0 Å². The van der Waals surface area contributed by atoms with Crippen LogP contribution in [0.15, 0.2) is 29.2 Å². The molecule has 1 aromatic rings. The minimum atomic E-state index is -2.93. The van der Waals surface area contributed by atoms with Gasteiger partial charge in [0.05, 0.1) is 0 Å². The molecular formula is C8H7F2O2S-. The van der Waals surface area contributed by atoms with Crippen LogP contribution in [0.25, 0.3) is 0 Å². The normalized spacial score (nSPS) is 14.2. The fourth-order valence-corrected chi connectivity index (χ4v) is 1.22. The molecule has 0 aromatic heterocycles. The first kappa shape index (κ1) is 10.3. The molecule has 0 fully saturated rings. The first-order valence-corrected chi connectivity index (χ1v) is 4.56. The Labute approximate surface area is 76.9 Å². The minimum Gasteiger partial charge on any atom is -0.768 e. The molecule has 0 bridgehead atoms. The van der Waals surface area contributed by atoms with Crippen LogP contribution in [0.4, 0.5) is 8.78 Å². The number of alkyl halides is 2. The molecule has 5 heteroatoms. The van der Waals surface area contributed by atoms with E-state index in [0.717, 1.165) is 31.2 Å². The first-order valence-electron chi connectivity index (χ1n) is 3.49. The van der Waals surface area contributed by atoms with E-state index in [4.69, 9.17) is 0 Å². The van der Waals surface area contributed by atoms with E-state index >= 15 is 0 Å². The zero-order chi connectivity index (χ0) is 10.1. The monoisotopic (exact) mass is 205 g/mol. The average molecular weight is 205 g/mol. The van der Waals surface area contributed by atoms with Gasteiger partial charge in [-0.2, -0.15) is 0 Å². The molecule has 0 aliphatic rings. The van der Waals surface area contributed by atoms with Gasteiger partial charge in [0.15, 0.2) is 0 Å². The molecule has 1 atom stereocenters. The molecule has 0 saturated carbocycles. The summed E-state index contributed by atoms with van der Waals surface area (Å²) in [4.78, 5) is 0.00741. The number of halogens is 2. The lowest BCUT2D eigenvalue weighted by atomic mass is 10.1. The fourth-order valence-electron chi connectivity index (χ4n) is 0.859. The quantitative estimate of drug-likeness (QED) is 0.693. The highest BCUT2D eigenvalue weighted by atomic mass is 32.2. The highest BCUT2D eigenvalue weighted by Gasteiger charge is 2.23. The maximum Gasteiger partial charge on any atom is 0.270 e. The van der Waals surface area contributed by atoms with Crippen molar-refractivity contribution in [2.75, 3.05) is 0 Å². The Kier molecular flexibility index (Phi) is 2.77. The zero-order valence-electron chi connectivity index (χ0n) is 6.79. The molecule has 0 saturated heterocycles. The van der Waals surface area contributed by atoms with E-state index in [1.54, 1.807) is 0 Å². The van der Waals surface area contributed by atoms with Gasteiger partial charge in [0.2, 0.25) is 0 Å². The number of hydrogen-bond acceptors (Lipinski definition) is 2. The van der Waals surface area contributed by atoms with Crippen molar-refractivity contribution >= 4 is 11.1 Å². The van der Waals surface area contributed by atoms with Gasteiger partial charge >= 0.3 is 0 Å². The maximum atomic E-state index is 12.6. The molecule has 0 aliphatic carbocycles. The predicted octanol–water partition coefficient (Wildman–Crippen LogP) is 2.04. The second-order valence-electron chi connectivity index (χ2n) is 2.65. The van der Waals surface area contributed by atoms with Gasteiger partial charge in [-0.3, -0.25) is 4.21 Å². The number of rotatable bonds is 2. The first-order chi connectivity index (χ1) is 5.91. The topological polar surface area (TPSA) is 40.1 Å². The van der Waals surface area contributed by atoms with Crippen LogP contribution in [0.5, 0.6) is 0 Å². The third-order valence-electron chi connectivity index (χ3n) is 1.55. The molecule has 0 spiro atoms. The second kappa shape index (κ2) is 3.51. The smallest absolute Gasteiger partial charge is 0.270 e. The van der Waals surface area contributed by atoms with Crippen LogP contribution < -0.4 is 0 Å². The van der Waals surface area contributed by atoms with Crippen molar-refractivity contribution in [2.24, 2.45) is 0 Å². The lowest BCUT2D eigenvalue weighted by Gasteiger charge is -2.11. The zero-order valence-corrected chi connectivity index (χ0v) is 7.61. The SMILES string of the molecule is CC(F)(F)c1ccc(S(=O)[O-])cc1. The van der Waals surface area contributed by atoms with Crippen LogP contribution in [-0.2, 0) is 17.0 Å². The van der Waals surface area contributed by atoms with Gasteiger partial charge in [-0.15, -0.1) is 0 Å². The summed E-state index contributed by atoms with van der Waals surface area (Å²) in [5, 5.41) is 0. The molecule has 1 unspecified atom stereocenters. The summed E-state index contributed by atoms with van der Waals surface area (Å²) in [7, 11) is 0. The lowest BCUT2D eigenvalue weighted by Crippen LogP contribution is -2.06. The Morgan fingerprint density at radius 3 is 2.08 bits per heavy atom. The molecule has 72 valence electrons. The third-order valence-corrected chi connectivity index (χ3v) is 2.21. The van der Waals surface area contributed by atoms with Crippen molar-refractivity contribution in [3.63, 3.8) is 0 Å². The van der Waals surface area contributed by atoms with E-state index in [1.807, 2.05) is 0 Å². The second-order valence-corrected chi connectivity index (χ2v) is 3.59. The van der Waals surface area contributed by atoms with Crippen LogP contribution >= 0.6 is 0 Å². The maximum absolute atomic E-state index is 12.6. The molecular weight excluding hydrogens is 198 g/mol. The standard InChI is InChI=1S/C8H8F2O2S/c1-8(9,10)6-2-4-7(5-3-6)13(11)12/h2-5H,1H3,(H,11,12)/p-1. The molecule has 13 heavy (non-hydrogen) atoms. The molecule has 0 amide bonds. The van der Waals surface area contributed by atoms with Crippen LogP contribution in [0, 0.1) is 0 Å². The molecule has 0 N–H and O–H groups in total. The summed E-state index contributed by atoms with van der Waals surface area (Å²) < 4.78 is 46.0. The Morgan fingerprint density at radius 1 is 1.31 bits per heavy atom. The summed E-state index contributed by atoms with van der Waals surface area (Å²) in [6.45, 7) is 0.760. The number of benzene rings is 1. The van der Waals surface area contributed by atoms with Gasteiger partial charge in [-0.25, -0.2) is 8.78 Å². The van der Waals surface area contributed by atoms with Gasteiger partial charge in [0.25, 0.3) is 5.92 Å². The fraction of sp³-hybridized carbons (Fsp3) is 0.250. The van der Waals surface area contributed by atoms with E-state index < -0.39 is 17.0 Å². The average Bonchev–Trinajstić information content (AvgIpc) is 2.03. The van der Waals surface area contributed by atoms with Gasteiger partial charge in [-0.1, -0.05) is 12.1 Å². The molecule has 0 aliphatic heterocycles. The van der Waals surface area contributed by atoms with Crippen LogP contribution in [0.2, 0.25) is 0 Å². The highest BCUT2D eigenvalue weighted by molar-refractivity contribution is 7.79. The molecule has 0 radical (unpaired) electrons. The van der Waals surface area contributed by atoms with Crippen molar-refractivity contribution in [2.45, 2.75) is 17.7 Å². The Hall–Kier alpha value is -0.810. The minimum absolute atomic E-state index is 0.00741. The summed E-state index contributed by atoms with van der Waals surface area (Å²) in [5.41, 5.74) is -0.193. The largest absolute Gasteiger partial charge is 0.768 e. The Balaban J connectivity index is 3.01. The van der Waals surface area contributed by atoms with E-state index in [9.17, 15) is 17.5 Å². The van der Waals surface area contributed by atoms with Crippen LogP contribution in [0.1, 0.15) is 12.5 Å². The van der Waals surface area contributed by atoms with E-state index in [1.165, 1.54) is 0 Å². The molecule has 1 rings (SSSR count). The van der Waals surface area contributed by atoms with Gasteiger partial charge in [0.1, 0.15) is 0 Å². The van der Waals surface area contributed by atoms with E-state index in [-0.39, 0.29) is 10.5 Å². The Morgan fingerprint density at radius 2 is 1.77 bits per heavy atom. The van der Waals surface area contributed by atoms with E-state index in [0.29, 0.717) is 0 Å². The summed E-state index contributed by atoms with van der Waals surface area (Å²) >= 11 is -2.36. The molecule has 1 aromatic carbocycles. The summed E-state index contributed by atoms with van der Waals surface area (Å²) in [6, 6.07) is 4.50. The van der Waals surface area contributed by atoms with E-state index in [2.05, 4.69) is 0 Å². The predicted molar refractivity (Wildman–Crippen MR) is 43.2 cm³/mol. The van der Waals surface area contributed by atoms with Crippen molar-refractivity contribution in [3.8, 4) is 0 Å². The van der Waals surface area contributed by atoms with Gasteiger partial charge < -0.3 is 4.55 Å². The van der Waals surface area contributed by atoms with Crippen LogP contribution in [0.3, 0.4) is 0 Å². The molecule has 0 heterocycles. The third kappa shape index (κ3) is 2.57. The van der Waals surface area contributed by atoms with Crippen LogP contribution in [-0.4, -0.2) is 8.76 Å². The number of hydrogen-bond donors (Lipinski definition) is 0.